The van der Waals surface area contributed by atoms with Crippen molar-refractivity contribution in [1.82, 2.24) is 9.97 Å². The zero-order valence-electron chi connectivity index (χ0n) is 18.4. The van der Waals surface area contributed by atoms with E-state index in [0.29, 0.717) is 11.7 Å². The monoisotopic (exact) mass is 418 g/mol. The Kier molecular flexibility index (Phi) is 5.53. The number of anilines is 2. The first-order valence-electron chi connectivity index (χ1n) is 11.3. The number of hydrogen-bond donors (Lipinski definition) is 0. The minimum Gasteiger partial charge on any atom is -0.493 e. The van der Waals surface area contributed by atoms with Gasteiger partial charge < -0.3 is 19.3 Å². The predicted octanol–water partition coefficient (Wildman–Crippen LogP) is 4.63. The van der Waals surface area contributed by atoms with Gasteiger partial charge in [-0.15, -0.1) is 0 Å². The van der Waals surface area contributed by atoms with Crippen LogP contribution in [-0.2, 0) is 0 Å². The molecule has 0 spiro atoms. The molecule has 2 aromatic carbocycles. The van der Waals surface area contributed by atoms with Crippen molar-refractivity contribution < 1.29 is 9.47 Å². The van der Waals surface area contributed by atoms with Crippen LogP contribution in [0.3, 0.4) is 0 Å². The van der Waals surface area contributed by atoms with Crippen molar-refractivity contribution in [2.75, 3.05) is 50.2 Å². The minimum absolute atomic E-state index is 0.460. The highest BCUT2D eigenvalue weighted by Gasteiger charge is 2.26. The molecule has 2 heterocycles. The molecule has 1 aliphatic carbocycles. The summed E-state index contributed by atoms with van der Waals surface area (Å²) in [7, 11) is 3.35. The van der Waals surface area contributed by atoms with Gasteiger partial charge in [-0.25, -0.2) is 9.97 Å². The molecule has 31 heavy (non-hydrogen) atoms. The summed E-state index contributed by atoms with van der Waals surface area (Å²) in [5.41, 5.74) is 2.22. The van der Waals surface area contributed by atoms with E-state index in [4.69, 9.17) is 19.4 Å². The van der Waals surface area contributed by atoms with Crippen molar-refractivity contribution in [3.63, 3.8) is 0 Å². The van der Waals surface area contributed by atoms with Crippen molar-refractivity contribution in [3.8, 4) is 11.5 Å². The van der Waals surface area contributed by atoms with E-state index in [0.717, 1.165) is 54.5 Å². The predicted molar refractivity (Wildman–Crippen MR) is 125 cm³/mol. The molecule has 162 valence electrons. The van der Waals surface area contributed by atoms with Gasteiger partial charge in [0.1, 0.15) is 11.6 Å². The summed E-state index contributed by atoms with van der Waals surface area (Å²) in [6, 6.07) is 14.7. The average Bonchev–Trinajstić information content (AvgIpc) is 3.38. The maximum Gasteiger partial charge on any atom is 0.162 e. The van der Waals surface area contributed by atoms with Crippen molar-refractivity contribution in [2.45, 2.75) is 31.6 Å². The summed E-state index contributed by atoms with van der Waals surface area (Å²) in [6.45, 7) is 3.81. The molecule has 0 bridgehead atoms. The van der Waals surface area contributed by atoms with E-state index in [9.17, 15) is 0 Å². The number of benzene rings is 2. The van der Waals surface area contributed by atoms with Gasteiger partial charge in [-0.3, -0.25) is 0 Å². The Labute approximate surface area is 183 Å². The van der Waals surface area contributed by atoms with Crippen molar-refractivity contribution in [3.05, 3.63) is 48.3 Å². The highest BCUT2D eigenvalue weighted by molar-refractivity contribution is 5.92. The molecular weight excluding hydrogens is 388 g/mol. The summed E-state index contributed by atoms with van der Waals surface area (Å²) in [4.78, 5) is 15.0. The van der Waals surface area contributed by atoms with Crippen LogP contribution >= 0.6 is 0 Å². The highest BCUT2D eigenvalue weighted by atomic mass is 16.5. The number of para-hydroxylation sites is 1. The van der Waals surface area contributed by atoms with E-state index in [-0.39, 0.29) is 0 Å². The van der Waals surface area contributed by atoms with Crippen LogP contribution in [-0.4, -0.2) is 50.4 Å². The molecule has 1 saturated heterocycles. The molecule has 2 fully saturated rings. The van der Waals surface area contributed by atoms with Gasteiger partial charge in [0.2, 0.25) is 0 Å². The number of aromatic nitrogens is 2. The molecule has 0 atom stereocenters. The van der Waals surface area contributed by atoms with Crippen LogP contribution in [0.4, 0.5) is 11.5 Å². The molecule has 0 N–H and O–H groups in total. The second kappa shape index (κ2) is 8.61. The molecule has 5 rings (SSSR count). The van der Waals surface area contributed by atoms with Crippen LogP contribution in [0.5, 0.6) is 11.5 Å². The molecule has 0 radical (unpaired) electrons. The minimum atomic E-state index is 0.460. The summed E-state index contributed by atoms with van der Waals surface area (Å²) in [5.74, 6) is 3.91. The zero-order valence-corrected chi connectivity index (χ0v) is 18.4. The lowest BCUT2D eigenvalue weighted by Gasteiger charge is -2.37. The lowest BCUT2D eigenvalue weighted by Crippen LogP contribution is -2.47. The molecule has 2 aliphatic rings. The third-order valence-electron chi connectivity index (χ3n) is 6.62. The third-order valence-corrected chi connectivity index (χ3v) is 6.62. The molecule has 0 amide bonds. The second-order valence-electron chi connectivity index (χ2n) is 8.42. The van der Waals surface area contributed by atoms with Gasteiger partial charge in [0.15, 0.2) is 11.5 Å². The summed E-state index contributed by atoms with van der Waals surface area (Å²) >= 11 is 0. The maximum atomic E-state index is 5.58. The smallest absolute Gasteiger partial charge is 0.162 e. The van der Waals surface area contributed by atoms with Gasteiger partial charge in [-0.2, -0.15) is 0 Å². The summed E-state index contributed by atoms with van der Waals surface area (Å²) in [6.07, 6.45) is 4.90. The number of piperazine rings is 1. The molecule has 6 nitrogen and oxygen atoms in total. The SMILES string of the molecule is COc1cc2nc(C3CCCC3)nc(N3CCN(c4ccccc4)CC3)c2cc1OC. The standard InChI is InChI=1S/C25H30N4O2/c1-30-22-16-20-21(17-23(22)31-2)26-24(18-8-6-7-9-18)27-25(20)29-14-12-28(13-15-29)19-10-4-3-5-11-19/h3-5,10-11,16-18H,6-9,12-15H2,1-2H3. The van der Waals surface area contributed by atoms with E-state index in [1.165, 1.54) is 31.4 Å². The maximum absolute atomic E-state index is 5.58. The van der Waals surface area contributed by atoms with Crippen LogP contribution in [0, 0.1) is 0 Å². The van der Waals surface area contributed by atoms with E-state index < -0.39 is 0 Å². The number of hydrogen-bond acceptors (Lipinski definition) is 6. The van der Waals surface area contributed by atoms with Gasteiger partial charge in [0.05, 0.1) is 19.7 Å². The molecule has 3 aromatic rings. The Morgan fingerprint density at radius 1 is 0.806 bits per heavy atom. The van der Waals surface area contributed by atoms with Gasteiger partial charge in [-0.1, -0.05) is 31.0 Å². The first kappa shape index (κ1) is 19.9. The highest BCUT2D eigenvalue weighted by Crippen LogP contribution is 2.39. The van der Waals surface area contributed by atoms with E-state index >= 15 is 0 Å². The van der Waals surface area contributed by atoms with Crippen LogP contribution < -0.4 is 19.3 Å². The molecular formula is C25H30N4O2. The lowest BCUT2D eigenvalue weighted by molar-refractivity contribution is 0.355. The Balaban J connectivity index is 1.51. The van der Waals surface area contributed by atoms with E-state index in [2.05, 4.69) is 40.1 Å². The first-order valence-corrected chi connectivity index (χ1v) is 11.3. The fraction of sp³-hybridized carbons (Fsp3) is 0.440. The fourth-order valence-corrected chi connectivity index (χ4v) is 4.88. The van der Waals surface area contributed by atoms with Crippen LogP contribution in [0.25, 0.3) is 10.9 Å². The quantitative estimate of drug-likeness (QED) is 0.602. The molecule has 0 unspecified atom stereocenters. The largest absolute Gasteiger partial charge is 0.493 e. The zero-order chi connectivity index (χ0) is 21.2. The normalized spacial score (nSPS) is 17.4. The van der Waals surface area contributed by atoms with Gasteiger partial charge in [0, 0.05) is 49.2 Å². The van der Waals surface area contributed by atoms with Crippen LogP contribution in [0.15, 0.2) is 42.5 Å². The van der Waals surface area contributed by atoms with Crippen molar-refractivity contribution in [1.29, 1.82) is 0 Å². The average molecular weight is 419 g/mol. The number of methoxy groups -OCH3 is 2. The van der Waals surface area contributed by atoms with Crippen molar-refractivity contribution >= 4 is 22.4 Å². The van der Waals surface area contributed by atoms with Crippen LogP contribution in [0.2, 0.25) is 0 Å². The Morgan fingerprint density at radius 2 is 1.45 bits per heavy atom. The van der Waals surface area contributed by atoms with Crippen molar-refractivity contribution in [2.24, 2.45) is 0 Å². The molecule has 1 saturated carbocycles. The summed E-state index contributed by atoms with van der Waals surface area (Å²) in [5, 5.41) is 1.03. The lowest BCUT2D eigenvalue weighted by atomic mass is 10.1. The first-order chi connectivity index (χ1) is 15.3. The molecule has 1 aliphatic heterocycles. The third kappa shape index (κ3) is 3.87. The van der Waals surface area contributed by atoms with Gasteiger partial charge in [0.25, 0.3) is 0 Å². The van der Waals surface area contributed by atoms with E-state index in [1.54, 1.807) is 14.2 Å². The number of fused-ring (bicyclic) bond motifs is 1. The number of nitrogens with zero attached hydrogens (tertiary/aromatic N) is 4. The van der Waals surface area contributed by atoms with Gasteiger partial charge >= 0.3 is 0 Å². The van der Waals surface area contributed by atoms with E-state index in [1.807, 2.05) is 12.1 Å². The second-order valence-corrected chi connectivity index (χ2v) is 8.42. The Hall–Kier alpha value is -3.02. The number of ether oxygens (including phenoxy) is 2. The Bertz CT molecular complexity index is 1040. The Morgan fingerprint density at radius 3 is 2.13 bits per heavy atom. The topological polar surface area (TPSA) is 50.7 Å². The number of rotatable bonds is 5. The molecule has 6 heteroatoms. The summed E-state index contributed by atoms with van der Waals surface area (Å²) < 4.78 is 11.1. The van der Waals surface area contributed by atoms with Gasteiger partial charge in [-0.05, 0) is 31.0 Å². The fourth-order valence-electron chi connectivity index (χ4n) is 4.88. The molecule has 1 aromatic heterocycles. The van der Waals surface area contributed by atoms with Crippen LogP contribution in [0.1, 0.15) is 37.4 Å².